The molecule has 0 bridgehead atoms. The Morgan fingerprint density at radius 2 is 1.77 bits per heavy atom. The van der Waals surface area contributed by atoms with Crippen molar-refractivity contribution in [2.45, 2.75) is 12.0 Å². The lowest BCUT2D eigenvalue weighted by Crippen LogP contribution is -2.32. The van der Waals surface area contributed by atoms with Crippen LogP contribution in [0.3, 0.4) is 0 Å². The van der Waals surface area contributed by atoms with E-state index in [-0.39, 0.29) is 6.61 Å². The molecule has 1 spiro atoms. The molecule has 174 valence electrons. The highest BCUT2D eigenvalue weighted by Crippen LogP contribution is 2.52. The Labute approximate surface area is 199 Å². The summed E-state index contributed by atoms with van der Waals surface area (Å²) in [5.41, 5.74) is 8.79. The Morgan fingerprint density at radius 1 is 0.886 bits per heavy atom. The van der Waals surface area contributed by atoms with Crippen LogP contribution in [0.25, 0.3) is 22.4 Å². The van der Waals surface area contributed by atoms with Crippen molar-refractivity contribution in [3.05, 3.63) is 90.1 Å². The molecule has 0 saturated heterocycles. The van der Waals surface area contributed by atoms with Crippen molar-refractivity contribution in [3.63, 3.8) is 0 Å². The largest absolute Gasteiger partial charge is 0.455 e. The smallest absolute Gasteiger partial charge is 0.220 e. The molecule has 0 saturated carbocycles. The van der Waals surface area contributed by atoms with Gasteiger partial charge in [0.15, 0.2) is 5.75 Å². The van der Waals surface area contributed by atoms with Crippen LogP contribution >= 0.6 is 0 Å². The van der Waals surface area contributed by atoms with Crippen molar-refractivity contribution < 1.29 is 18.3 Å². The maximum Gasteiger partial charge on any atom is 0.220 e. The third-order valence-electron chi connectivity index (χ3n) is 6.24. The summed E-state index contributed by atoms with van der Waals surface area (Å²) in [6.45, 7) is 0.577. The SMILES string of the molecule is NC1=NC2(CCOC1)c1cc(-c3cccnc3F)ccc1Oc1cnc(-c3ccnc(F)c3)cc12. The number of rotatable bonds is 2. The molecule has 2 aliphatic heterocycles. The number of aliphatic imine (C=N–C) groups is 1. The lowest BCUT2D eigenvalue weighted by atomic mass is 9.77. The van der Waals surface area contributed by atoms with Crippen LogP contribution in [0.15, 0.2) is 72.1 Å². The first-order valence-electron chi connectivity index (χ1n) is 11.0. The van der Waals surface area contributed by atoms with Gasteiger partial charge in [0.05, 0.1) is 18.5 Å². The molecule has 35 heavy (non-hydrogen) atoms. The molecular formula is C26H19F2N5O2. The molecule has 2 aliphatic rings. The highest BCUT2D eigenvalue weighted by atomic mass is 19.1. The molecule has 2 N–H and O–H groups in total. The standard InChI is InChI=1S/C26H19F2N5O2/c27-23-11-16(5-8-30-23)20-12-19-22(13-32-20)35-21-4-3-15(17-2-1-7-31-25(17)28)10-18(21)26(19)6-9-34-14-24(29)33-26/h1-5,7-8,10-13H,6,9,14H2,(H2,29,33). The number of nitrogens with zero attached hydrogens (tertiary/aromatic N) is 4. The van der Waals surface area contributed by atoms with E-state index in [1.165, 1.54) is 18.5 Å². The zero-order valence-electron chi connectivity index (χ0n) is 18.4. The molecule has 0 radical (unpaired) electrons. The Balaban J connectivity index is 1.59. The molecule has 0 fully saturated rings. The van der Waals surface area contributed by atoms with Crippen LogP contribution in [0.4, 0.5) is 8.78 Å². The molecule has 5 heterocycles. The zero-order chi connectivity index (χ0) is 24.0. The molecule has 7 nitrogen and oxygen atoms in total. The summed E-state index contributed by atoms with van der Waals surface area (Å²) in [6, 6.07) is 13.6. The van der Waals surface area contributed by atoms with E-state index < -0.39 is 17.4 Å². The Hall–Kier alpha value is -4.24. The van der Waals surface area contributed by atoms with Gasteiger partial charge in [-0.1, -0.05) is 6.07 Å². The van der Waals surface area contributed by atoms with Gasteiger partial charge < -0.3 is 15.2 Å². The van der Waals surface area contributed by atoms with Crippen molar-refractivity contribution in [1.82, 2.24) is 15.0 Å². The highest BCUT2D eigenvalue weighted by Gasteiger charge is 2.44. The van der Waals surface area contributed by atoms with Crippen molar-refractivity contribution in [2.75, 3.05) is 13.2 Å². The van der Waals surface area contributed by atoms with E-state index in [1.54, 1.807) is 36.5 Å². The maximum atomic E-state index is 14.5. The Bertz CT molecular complexity index is 1490. The number of fused-ring (bicyclic) bond motifs is 4. The van der Waals surface area contributed by atoms with E-state index in [4.69, 9.17) is 20.2 Å². The minimum absolute atomic E-state index is 0.192. The van der Waals surface area contributed by atoms with Gasteiger partial charge in [-0.05, 0) is 42.0 Å². The van der Waals surface area contributed by atoms with E-state index >= 15 is 0 Å². The number of pyridine rings is 3. The second-order valence-electron chi connectivity index (χ2n) is 8.35. The monoisotopic (exact) mass is 471 g/mol. The molecule has 9 heteroatoms. The molecule has 1 atom stereocenters. The summed E-state index contributed by atoms with van der Waals surface area (Å²) < 4.78 is 40.2. The average molecular weight is 471 g/mol. The van der Waals surface area contributed by atoms with Gasteiger partial charge in [-0.2, -0.15) is 8.78 Å². The van der Waals surface area contributed by atoms with Gasteiger partial charge in [0.25, 0.3) is 0 Å². The molecule has 0 amide bonds. The van der Waals surface area contributed by atoms with Gasteiger partial charge in [0.1, 0.15) is 23.7 Å². The van der Waals surface area contributed by atoms with Gasteiger partial charge >= 0.3 is 0 Å². The lowest BCUT2D eigenvalue weighted by Gasteiger charge is -2.37. The zero-order valence-corrected chi connectivity index (χ0v) is 18.4. The van der Waals surface area contributed by atoms with Crippen molar-refractivity contribution in [3.8, 4) is 33.9 Å². The van der Waals surface area contributed by atoms with E-state index in [0.717, 1.165) is 5.56 Å². The van der Waals surface area contributed by atoms with Gasteiger partial charge in [-0.25, -0.2) is 9.97 Å². The van der Waals surface area contributed by atoms with Crippen LogP contribution < -0.4 is 10.5 Å². The van der Waals surface area contributed by atoms with E-state index in [1.807, 2.05) is 12.1 Å². The minimum atomic E-state index is -0.971. The average Bonchev–Trinajstić information content (AvgIpc) is 3.06. The van der Waals surface area contributed by atoms with Gasteiger partial charge in [-0.3, -0.25) is 9.98 Å². The van der Waals surface area contributed by atoms with E-state index in [0.29, 0.717) is 58.3 Å². The van der Waals surface area contributed by atoms with E-state index in [2.05, 4.69) is 15.0 Å². The summed E-state index contributed by atoms with van der Waals surface area (Å²) in [5.74, 6) is 0.222. The number of aromatic nitrogens is 3. The van der Waals surface area contributed by atoms with Crippen LogP contribution in [0, 0.1) is 11.9 Å². The summed E-state index contributed by atoms with van der Waals surface area (Å²) >= 11 is 0. The van der Waals surface area contributed by atoms with Gasteiger partial charge in [-0.15, -0.1) is 0 Å². The first-order valence-corrected chi connectivity index (χ1v) is 11.0. The van der Waals surface area contributed by atoms with Crippen LogP contribution in [-0.2, 0) is 10.3 Å². The molecule has 3 aromatic heterocycles. The fraction of sp³-hybridized carbons (Fsp3) is 0.154. The summed E-state index contributed by atoms with van der Waals surface area (Å²) in [7, 11) is 0. The first-order chi connectivity index (χ1) is 17.0. The Morgan fingerprint density at radius 3 is 2.63 bits per heavy atom. The summed E-state index contributed by atoms with van der Waals surface area (Å²) in [5, 5.41) is 0. The van der Waals surface area contributed by atoms with Crippen LogP contribution in [0.1, 0.15) is 17.5 Å². The van der Waals surface area contributed by atoms with E-state index in [9.17, 15) is 8.78 Å². The van der Waals surface area contributed by atoms with Crippen molar-refractivity contribution >= 4 is 5.84 Å². The van der Waals surface area contributed by atoms with Crippen LogP contribution in [0.5, 0.6) is 11.5 Å². The molecule has 1 unspecified atom stereocenters. The fourth-order valence-corrected chi connectivity index (χ4v) is 4.66. The number of hydrogen-bond donors (Lipinski definition) is 1. The molecule has 1 aromatic carbocycles. The topological polar surface area (TPSA) is 95.5 Å². The number of halogens is 2. The fourth-order valence-electron chi connectivity index (χ4n) is 4.66. The van der Waals surface area contributed by atoms with Gasteiger partial charge in [0.2, 0.25) is 11.9 Å². The number of hydrogen-bond acceptors (Lipinski definition) is 7. The summed E-state index contributed by atoms with van der Waals surface area (Å²) in [6.07, 6.45) is 4.85. The van der Waals surface area contributed by atoms with Crippen LogP contribution in [-0.4, -0.2) is 34.0 Å². The number of amidine groups is 1. The van der Waals surface area contributed by atoms with Crippen molar-refractivity contribution in [2.24, 2.45) is 10.7 Å². The van der Waals surface area contributed by atoms with Gasteiger partial charge in [0, 0.05) is 47.1 Å². The molecule has 4 aromatic rings. The second-order valence-corrected chi connectivity index (χ2v) is 8.35. The number of nitrogens with two attached hydrogens (primary N) is 1. The summed E-state index contributed by atoms with van der Waals surface area (Å²) in [4.78, 5) is 16.8. The normalized spacial score (nSPS) is 18.7. The third-order valence-corrected chi connectivity index (χ3v) is 6.24. The maximum absolute atomic E-state index is 14.5. The molecule has 6 rings (SSSR count). The van der Waals surface area contributed by atoms with Crippen molar-refractivity contribution in [1.29, 1.82) is 0 Å². The van der Waals surface area contributed by atoms with Crippen LogP contribution in [0.2, 0.25) is 0 Å². The minimum Gasteiger partial charge on any atom is -0.455 e. The predicted molar refractivity (Wildman–Crippen MR) is 125 cm³/mol. The quantitative estimate of drug-likeness (QED) is 0.429. The number of benzene rings is 1. The second kappa shape index (κ2) is 8.21. The first kappa shape index (κ1) is 21.3. The lowest BCUT2D eigenvalue weighted by molar-refractivity contribution is 0.160. The highest BCUT2D eigenvalue weighted by molar-refractivity contribution is 5.83. The number of ether oxygens (including phenoxy) is 2. The predicted octanol–water partition coefficient (Wildman–Crippen LogP) is 4.61. The molecule has 0 aliphatic carbocycles. The molecular weight excluding hydrogens is 452 g/mol. The third kappa shape index (κ3) is 3.60. The Kier molecular flexibility index (Phi) is 5.00.